The van der Waals surface area contributed by atoms with E-state index >= 15 is 0 Å². The van der Waals surface area contributed by atoms with Crippen molar-refractivity contribution in [2.24, 2.45) is 0 Å². The van der Waals surface area contributed by atoms with E-state index in [4.69, 9.17) is 0 Å². The summed E-state index contributed by atoms with van der Waals surface area (Å²) in [7, 11) is 0. The molecule has 1 aromatic carbocycles. The molecule has 0 nitrogen and oxygen atoms in total. The predicted molar refractivity (Wildman–Crippen MR) is 59.7 cm³/mol. The molecule has 1 aliphatic rings. The van der Waals surface area contributed by atoms with Crippen molar-refractivity contribution in [3.63, 3.8) is 0 Å². The second kappa shape index (κ2) is 3.83. The first-order chi connectivity index (χ1) is 6.27. The zero-order chi connectivity index (χ0) is 9.26. The Kier molecular flexibility index (Phi) is 2.73. The summed E-state index contributed by atoms with van der Waals surface area (Å²) in [6.07, 6.45) is 5.33. The Labute approximate surface area is 88.5 Å². The van der Waals surface area contributed by atoms with Gasteiger partial charge < -0.3 is 0 Å². The van der Waals surface area contributed by atoms with E-state index in [1.165, 1.54) is 41.3 Å². The standard InChI is InChI=1S/C12H14Br/c1-9-6-7-12(13)11(8-9)10-4-2-3-5-10/h6-8H,2-5H2,1H3. The van der Waals surface area contributed by atoms with Gasteiger partial charge in [-0.05, 0) is 31.4 Å². The first kappa shape index (κ1) is 9.26. The number of rotatable bonds is 1. The van der Waals surface area contributed by atoms with Gasteiger partial charge in [-0.1, -0.05) is 46.5 Å². The van der Waals surface area contributed by atoms with Crippen LogP contribution in [-0.4, -0.2) is 0 Å². The molecule has 1 fully saturated rings. The molecule has 0 aromatic heterocycles. The van der Waals surface area contributed by atoms with Crippen molar-refractivity contribution in [2.45, 2.75) is 32.6 Å². The normalized spacial score (nSPS) is 18.0. The molecule has 0 aliphatic heterocycles. The van der Waals surface area contributed by atoms with Crippen LogP contribution in [-0.2, 0) is 0 Å². The van der Waals surface area contributed by atoms with E-state index in [2.05, 4.69) is 41.1 Å². The van der Waals surface area contributed by atoms with Gasteiger partial charge in [-0.15, -0.1) is 0 Å². The summed E-state index contributed by atoms with van der Waals surface area (Å²) in [4.78, 5) is 0. The van der Waals surface area contributed by atoms with Crippen LogP contribution in [0.15, 0.2) is 22.7 Å². The van der Waals surface area contributed by atoms with Gasteiger partial charge in [-0.3, -0.25) is 0 Å². The van der Waals surface area contributed by atoms with E-state index in [0.29, 0.717) is 0 Å². The quantitative estimate of drug-likeness (QED) is 0.685. The van der Waals surface area contributed by atoms with E-state index in [0.717, 1.165) is 0 Å². The lowest BCUT2D eigenvalue weighted by atomic mass is 9.96. The Morgan fingerprint density at radius 2 is 1.85 bits per heavy atom. The van der Waals surface area contributed by atoms with Crippen LogP contribution in [0.5, 0.6) is 0 Å². The summed E-state index contributed by atoms with van der Waals surface area (Å²) in [5.41, 5.74) is 2.80. The average Bonchev–Trinajstić information content (AvgIpc) is 2.61. The second-order valence-electron chi connectivity index (χ2n) is 3.79. The van der Waals surface area contributed by atoms with Crippen LogP contribution in [0.1, 0.15) is 36.8 Å². The summed E-state index contributed by atoms with van der Waals surface area (Å²) in [5.74, 6) is 1.63. The van der Waals surface area contributed by atoms with Gasteiger partial charge in [0.15, 0.2) is 0 Å². The van der Waals surface area contributed by atoms with Crippen molar-refractivity contribution in [3.05, 3.63) is 39.7 Å². The molecule has 1 aromatic rings. The molecule has 13 heavy (non-hydrogen) atoms. The van der Waals surface area contributed by atoms with Crippen molar-refractivity contribution >= 4 is 15.9 Å². The summed E-state index contributed by atoms with van der Waals surface area (Å²) < 4.78 is 1.26. The summed E-state index contributed by atoms with van der Waals surface area (Å²) in [6, 6.07) is 6.61. The second-order valence-corrected chi connectivity index (χ2v) is 4.65. The Morgan fingerprint density at radius 3 is 2.54 bits per heavy atom. The smallest absolute Gasteiger partial charge is 0.0213 e. The van der Waals surface area contributed by atoms with E-state index in [-0.39, 0.29) is 0 Å². The largest absolute Gasteiger partial charge is 0.0582 e. The predicted octanol–water partition coefficient (Wildman–Crippen LogP) is 4.25. The maximum atomic E-state index is 3.62. The molecule has 0 spiro atoms. The SMILES string of the molecule is Cc1ccc(Br)c([C]2CCCC2)c1. The minimum atomic E-state index is 1.26. The molecule has 1 saturated carbocycles. The van der Waals surface area contributed by atoms with Crippen molar-refractivity contribution in [1.29, 1.82) is 0 Å². The minimum absolute atomic E-state index is 1.26. The molecule has 0 heterocycles. The van der Waals surface area contributed by atoms with E-state index < -0.39 is 0 Å². The van der Waals surface area contributed by atoms with Gasteiger partial charge in [-0.25, -0.2) is 0 Å². The molecule has 0 saturated heterocycles. The van der Waals surface area contributed by atoms with E-state index in [9.17, 15) is 0 Å². The molecule has 69 valence electrons. The number of hydrogen-bond donors (Lipinski definition) is 0. The third-order valence-electron chi connectivity index (χ3n) is 2.71. The molecule has 2 rings (SSSR count). The third kappa shape index (κ3) is 1.96. The molecule has 1 aliphatic carbocycles. The van der Waals surface area contributed by atoms with Gasteiger partial charge in [0.25, 0.3) is 0 Å². The third-order valence-corrected chi connectivity index (χ3v) is 3.40. The van der Waals surface area contributed by atoms with Crippen molar-refractivity contribution in [3.8, 4) is 0 Å². The van der Waals surface area contributed by atoms with Crippen molar-refractivity contribution in [1.82, 2.24) is 0 Å². The van der Waals surface area contributed by atoms with Gasteiger partial charge in [0.1, 0.15) is 0 Å². The Bertz CT molecular complexity index is 298. The number of aryl methyl sites for hydroxylation is 1. The van der Waals surface area contributed by atoms with Crippen LogP contribution in [0, 0.1) is 12.8 Å². The fourth-order valence-electron chi connectivity index (χ4n) is 1.98. The Morgan fingerprint density at radius 1 is 1.15 bits per heavy atom. The lowest BCUT2D eigenvalue weighted by molar-refractivity contribution is 0.886. The van der Waals surface area contributed by atoms with Gasteiger partial charge in [-0.2, -0.15) is 0 Å². The number of benzene rings is 1. The molecular weight excluding hydrogens is 224 g/mol. The molecule has 0 unspecified atom stereocenters. The molecule has 0 N–H and O–H groups in total. The first-order valence-corrected chi connectivity index (χ1v) is 5.68. The topological polar surface area (TPSA) is 0 Å². The monoisotopic (exact) mass is 237 g/mol. The molecule has 0 amide bonds. The van der Waals surface area contributed by atoms with Gasteiger partial charge in [0, 0.05) is 10.4 Å². The molecule has 1 radical (unpaired) electrons. The average molecular weight is 238 g/mol. The van der Waals surface area contributed by atoms with Crippen LogP contribution in [0.25, 0.3) is 0 Å². The fraction of sp³-hybridized carbons (Fsp3) is 0.417. The first-order valence-electron chi connectivity index (χ1n) is 4.88. The zero-order valence-electron chi connectivity index (χ0n) is 7.94. The van der Waals surface area contributed by atoms with Crippen LogP contribution in [0.3, 0.4) is 0 Å². The van der Waals surface area contributed by atoms with Gasteiger partial charge in [0.05, 0.1) is 0 Å². The summed E-state index contributed by atoms with van der Waals surface area (Å²) in [5, 5.41) is 0. The van der Waals surface area contributed by atoms with Crippen LogP contribution in [0.2, 0.25) is 0 Å². The highest BCUT2D eigenvalue weighted by Gasteiger charge is 2.19. The molecular formula is C12H14Br. The Hall–Kier alpha value is -0.300. The summed E-state index contributed by atoms with van der Waals surface area (Å²) >= 11 is 3.62. The Balaban J connectivity index is 2.32. The van der Waals surface area contributed by atoms with E-state index in [1.54, 1.807) is 5.92 Å². The summed E-state index contributed by atoms with van der Waals surface area (Å²) in [6.45, 7) is 2.16. The minimum Gasteiger partial charge on any atom is -0.0582 e. The highest BCUT2D eigenvalue weighted by atomic mass is 79.9. The van der Waals surface area contributed by atoms with Gasteiger partial charge in [0.2, 0.25) is 0 Å². The van der Waals surface area contributed by atoms with Crippen molar-refractivity contribution in [2.75, 3.05) is 0 Å². The maximum absolute atomic E-state index is 3.62. The van der Waals surface area contributed by atoms with Gasteiger partial charge >= 0.3 is 0 Å². The molecule has 0 bridgehead atoms. The molecule has 0 atom stereocenters. The van der Waals surface area contributed by atoms with Crippen LogP contribution in [0.4, 0.5) is 0 Å². The zero-order valence-corrected chi connectivity index (χ0v) is 9.52. The van der Waals surface area contributed by atoms with Crippen LogP contribution < -0.4 is 0 Å². The number of halogens is 1. The maximum Gasteiger partial charge on any atom is 0.0213 e. The highest BCUT2D eigenvalue weighted by Crippen LogP contribution is 2.36. The lowest BCUT2D eigenvalue weighted by Crippen LogP contribution is -1.95. The highest BCUT2D eigenvalue weighted by molar-refractivity contribution is 9.10. The van der Waals surface area contributed by atoms with Crippen molar-refractivity contribution < 1.29 is 0 Å². The van der Waals surface area contributed by atoms with E-state index in [1.807, 2.05) is 0 Å². The number of hydrogen-bond acceptors (Lipinski definition) is 0. The fourth-order valence-corrected chi connectivity index (χ4v) is 2.51. The van der Waals surface area contributed by atoms with Crippen LogP contribution >= 0.6 is 15.9 Å². The molecule has 1 heteroatoms. The lowest BCUT2D eigenvalue weighted by Gasteiger charge is -2.11.